The van der Waals surface area contributed by atoms with Crippen LogP contribution >= 0.6 is 11.8 Å². The molecule has 1 saturated heterocycles. The number of nitrogens with two attached hydrogens (primary N) is 1. The molecule has 0 saturated carbocycles. The Balaban J connectivity index is 2.36. The summed E-state index contributed by atoms with van der Waals surface area (Å²) in [6.07, 6.45) is 0. The van der Waals surface area contributed by atoms with Crippen molar-refractivity contribution in [3.8, 4) is 0 Å². The first-order valence-electron chi connectivity index (χ1n) is 6.19. The molecule has 1 fully saturated rings. The number of nitrogen functional groups attached to an aromatic ring is 1. The van der Waals surface area contributed by atoms with E-state index in [4.69, 9.17) is 5.84 Å². The van der Waals surface area contributed by atoms with Crippen LogP contribution in [0.3, 0.4) is 0 Å². The van der Waals surface area contributed by atoms with Crippen molar-refractivity contribution < 1.29 is 9.72 Å². The summed E-state index contributed by atoms with van der Waals surface area (Å²) in [7, 11) is 0. The van der Waals surface area contributed by atoms with Gasteiger partial charge in [0.1, 0.15) is 11.3 Å². The third-order valence-electron chi connectivity index (χ3n) is 3.13. The average molecular weight is 296 g/mol. The smallest absolute Gasteiger partial charge is 0.306 e. The van der Waals surface area contributed by atoms with Crippen LogP contribution in [0, 0.1) is 10.1 Å². The standard InChI is InChI=1S/C12H16N4O3S/c1-8-7-15(5-6-20-8)12(17)9-3-2-4-10(14-13)11(9)16(18)19/h2-4,8,14H,5-7,13H2,1H3. The van der Waals surface area contributed by atoms with Gasteiger partial charge in [-0.3, -0.25) is 20.8 Å². The molecule has 3 N–H and O–H groups in total. The third-order valence-corrected chi connectivity index (χ3v) is 4.27. The first kappa shape index (κ1) is 14.6. The molecule has 0 radical (unpaired) electrons. The Labute approximate surface area is 120 Å². The number of hydrogen-bond donors (Lipinski definition) is 2. The van der Waals surface area contributed by atoms with Gasteiger partial charge in [0.2, 0.25) is 0 Å². The van der Waals surface area contributed by atoms with Crippen LogP contribution in [0.5, 0.6) is 0 Å². The van der Waals surface area contributed by atoms with Gasteiger partial charge in [-0.2, -0.15) is 11.8 Å². The van der Waals surface area contributed by atoms with Gasteiger partial charge in [-0.05, 0) is 12.1 Å². The number of nitro benzene ring substituents is 1. The SMILES string of the molecule is CC1CN(C(=O)c2cccc(NN)c2[N+](=O)[O-])CCS1. The van der Waals surface area contributed by atoms with E-state index in [1.54, 1.807) is 22.7 Å². The van der Waals surface area contributed by atoms with Gasteiger partial charge in [0.25, 0.3) is 5.91 Å². The molecule has 1 aromatic rings. The lowest BCUT2D eigenvalue weighted by Crippen LogP contribution is -2.41. The summed E-state index contributed by atoms with van der Waals surface area (Å²) in [6, 6.07) is 4.52. The van der Waals surface area contributed by atoms with Crippen LogP contribution in [-0.4, -0.2) is 39.8 Å². The van der Waals surface area contributed by atoms with E-state index in [-0.39, 0.29) is 22.8 Å². The summed E-state index contributed by atoms with van der Waals surface area (Å²) in [6.45, 7) is 3.24. The predicted octanol–water partition coefficient (Wildman–Crippen LogP) is 1.46. The van der Waals surface area contributed by atoms with Crippen molar-refractivity contribution in [1.29, 1.82) is 0 Å². The number of hydrogen-bond acceptors (Lipinski definition) is 6. The molecule has 0 bridgehead atoms. The first-order valence-corrected chi connectivity index (χ1v) is 7.24. The highest BCUT2D eigenvalue weighted by Crippen LogP contribution is 2.30. The second-order valence-electron chi connectivity index (χ2n) is 4.54. The Morgan fingerprint density at radius 1 is 1.60 bits per heavy atom. The zero-order chi connectivity index (χ0) is 14.7. The van der Waals surface area contributed by atoms with Gasteiger partial charge in [0, 0.05) is 24.1 Å². The van der Waals surface area contributed by atoms with Gasteiger partial charge >= 0.3 is 5.69 Å². The molecule has 1 aliphatic rings. The van der Waals surface area contributed by atoms with E-state index >= 15 is 0 Å². The van der Waals surface area contributed by atoms with Gasteiger partial charge in [-0.15, -0.1) is 0 Å². The summed E-state index contributed by atoms with van der Waals surface area (Å²) in [5.74, 6) is 5.80. The number of amides is 1. The molecule has 20 heavy (non-hydrogen) atoms. The molecule has 7 nitrogen and oxygen atoms in total. The fourth-order valence-electron chi connectivity index (χ4n) is 2.20. The summed E-state index contributed by atoms with van der Waals surface area (Å²) in [5.41, 5.74) is 2.21. The Bertz CT molecular complexity index is 537. The fraction of sp³-hybridized carbons (Fsp3) is 0.417. The van der Waals surface area contributed by atoms with Crippen LogP contribution in [0.25, 0.3) is 0 Å². The zero-order valence-corrected chi connectivity index (χ0v) is 11.9. The van der Waals surface area contributed by atoms with E-state index in [0.29, 0.717) is 18.3 Å². The maximum absolute atomic E-state index is 12.5. The lowest BCUT2D eigenvalue weighted by atomic mass is 10.1. The van der Waals surface area contributed by atoms with Crippen LogP contribution in [-0.2, 0) is 0 Å². The summed E-state index contributed by atoms with van der Waals surface area (Å²) in [5, 5.41) is 11.5. The Kier molecular flexibility index (Phi) is 4.46. The van der Waals surface area contributed by atoms with Crippen molar-refractivity contribution in [3.05, 3.63) is 33.9 Å². The average Bonchev–Trinajstić information content (AvgIpc) is 2.45. The number of carbonyl (C=O) groups excluding carboxylic acids is 1. The number of benzene rings is 1. The number of nitro groups is 1. The lowest BCUT2D eigenvalue weighted by Gasteiger charge is -2.30. The summed E-state index contributed by atoms with van der Waals surface area (Å²) >= 11 is 1.79. The van der Waals surface area contributed by atoms with Gasteiger partial charge in [0.15, 0.2) is 0 Å². The van der Waals surface area contributed by atoms with Gasteiger partial charge < -0.3 is 10.3 Å². The third kappa shape index (κ3) is 2.86. The van der Waals surface area contributed by atoms with Crippen LogP contribution < -0.4 is 11.3 Å². The summed E-state index contributed by atoms with van der Waals surface area (Å²) < 4.78 is 0. The minimum absolute atomic E-state index is 0.0737. The molecular weight excluding hydrogens is 280 g/mol. The second-order valence-corrected chi connectivity index (χ2v) is 6.08. The number of thioether (sulfide) groups is 1. The van der Waals surface area contributed by atoms with Crippen molar-refractivity contribution in [1.82, 2.24) is 4.90 Å². The largest absolute Gasteiger partial charge is 0.336 e. The second kappa shape index (κ2) is 6.10. The molecule has 108 valence electrons. The number of rotatable bonds is 3. The van der Waals surface area contributed by atoms with E-state index in [2.05, 4.69) is 5.43 Å². The van der Waals surface area contributed by atoms with E-state index in [1.165, 1.54) is 12.1 Å². The molecule has 1 aliphatic heterocycles. The van der Waals surface area contributed by atoms with Crippen LogP contribution in [0.1, 0.15) is 17.3 Å². The highest BCUT2D eigenvalue weighted by Gasteiger charge is 2.29. The van der Waals surface area contributed by atoms with Crippen molar-refractivity contribution in [2.24, 2.45) is 5.84 Å². The Morgan fingerprint density at radius 3 is 2.95 bits per heavy atom. The van der Waals surface area contributed by atoms with Crippen LogP contribution in [0.2, 0.25) is 0 Å². The maximum atomic E-state index is 12.5. The molecule has 2 rings (SSSR count). The summed E-state index contributed by atoms with van der Waals surface area (Å²) in [4.78, 5) is 24.7. The highest BCUT2D eigenvalue weighted by molar-refractivity contribution is 7.99. The molecule has 0 spiro atoms. The number of carbonyl (C=O) groups is 1. The molecule has 1 amide bonds. The molecular formula is C12H16N4O3S. The highest BCUT2D eigenvalue weighted by atomic mass is 32.2. The minimum atomic E-state index is -0.579. The van der Waals surface area contributed by atoms with Crippen molar-refractivity contribution in [2.75, 3.05) is 24.3 Å². The van der Waals surface area contributed by atoms with E-state index < -0.39 is 4.92 Å². The zero-order valence-electron chi connectivity index (χ0n) is 11.0. The van der Waals surface area contributed by atoms with Crippen molar-refractivity contribution in [3.63, 3.8) is 0 Å². The number of nitrogens with one attached hydrogen (secondary N) is 1. The molecule has 0 aromatic heterocycles. The van der Waals surface area contributed by atoms with Crippen LogP contribution in [0.4, 0.5) is 11.4 Å². The number of hydrazine groups is 1. The van der Waals surface area contributed by atoms with Crippen molar-refractivity contribution in [2.45, 2.75) is 12.2 Å². The van der Waals surface area contributed by atoms with E-state index in [1.807, 2.05) is 6.92 Å². The Morgan fingerprint density at radius 2 is 2.35 bits per heavy atom. The fourth-order valence-corrected chi connectivity index (χ4v) is 3.22. The maximum Gasteiger partial charge on any atom is 0.306 e. The van der Waals surface area contributed by atoms with E-state index in [0.717, 1.165) is 5.75 Å². The first-order chi connectivity index (χ1) is 9.54. The van der Waals surface area contributed by atoms with E-state index in [9.17, 15) is 14.9 Å². The van der Waals surface area contributed by atoms with Gasteiger partial charge in [0.05, 0.1) is 4.92 Å². The lowest BCUT2D eigenvalue weighted by molar-refractivity contribution is -0.384. The Hall–Kier alpha value is -1.80. The minimum Gasteiger partial charge on any atom is -0.336 e. The van der Waals surface area contributed by atoms with Gasteiger partial charge in [-0.1, -0.05) is 13.0 Å². The molecule has 1 unspecified atom stereocenters. The number of anilines is 1. The quantitative estimate of drug-likeness (QED) is 0.497. The predicted molar refractivity (Wildman–Crippen MR) is 78.7 cm³/mol. The molecule has 8 heteroatoms. The number of para-hydroxylation sites is 1. The number of nitrogens with zero attached hydrogens (tertiary/aromatic N) is 2. The molecule has 1 atom stereocenters. The van der Waals surface area contributed by atoms with Crippen molar-refractivity contribution >= 4 is 29.0 Å². The topological polar surface area (TPSA) is 102 Å². The molecule has 0 aliphatic carbocycles. The molecule has 1 heterocycles. The normalized spacial score (nSPS) is 18.7. The van der Waals surface area contributed by atoms with Crippen LogP contribution in [0.15, 0.2) is 18.2 Å². The molecule has 1 aromatic carbocycles. The van der Waals surface area contributed by atoms with Gasteiger partial charge in [-0.25, -0.2) is 0 Å². The monoisotopic (exact) mass is 296 g/mol.